The number of aryl methyl sites for hydroxylation is 1. The number of hydrogen-bond donors (Lipinski definition) is 1. The molecule has 0 radical (unpaired) electrons. The normalized spacial score (nSPS) is 13.5. The average Bonchev–Trinajstić information content (AvgIpc) is 3.02. The molecule has 1 unspecified atom stereocenters. The van der Waals surface area contributed by atoms with Crippen molar-refractivity contribution in [1.29, 1.82) is 0 Å². The van der Waals surface area contributed by atoms with E-state index in [1.54, 1.807) is 12.5 Å². The molecule has 0 aliphatic rings. The summed E-state index contributed by atoms with van der Waals surface area (Å²) in [6.45, 7) is 4.25. The lowest BCUT2D eigenvalue weighted by atomic mass is 9.98. The monoisotopic (exact) mass is 243 g/mol. The van der Waals surface area contributed by atoms with Crippen molar-refractivity contribution in [2.24, 2.45) is 0 Å². The minimum atomic E-state index is 0.402. The van der Waals surface area contributed by atoms with E-state index in [4.69, 9.17) is 8.83 Å². The Kier molecular flexibility index (Phi) is 2.63. The van der Waals surface area contributed by atoms with E-state index in [9.17, 15) is 0 Å². The van der Waals surface area contributed by atoms with Gasteiger partial charge in [-0.05, 0) is 39.4 Å². The molecule has 1 aromatic carbocycles. The van der Waals surface area contributed by atoms with Crippen molar-refractivity contribution in [1.82, 2.24) is 5.32 Å². The molecule has 1 atom stereocenters. The molecule has 94 valence electrons. The summed E-state index contributed by atoms with van der Waals surface area (Å²) >= 11 is 0. The minimum absolute atomic E-state index is 0.402. The molecule has 0 saturated heterocycles. The second-order valence-electron chi connectivity index (χ2n) is 4.82. The number of likely N-dealkylation sites (N-methyl/N-ethyl adjacent to an activating group) is 1. The van der Waals surface area contributed by atoms with Crippen LogP contribution in [0.4, 0.5) is 0 Å². The molecule has 0 bridgehead atoms. The fraction of sp³-hybridized carbons (Fsp3) is 0.333. The van der Waals surface area contributed by atoms with Crippen molar-refractivity contribution >= 4 is 21.9 Å². The van der Waals surface area contributed by atoms with Crippen LogP contribution in [0.25, 0.3) is 21.9 Å². The molecule has 0 spiro atoms. The summed E-state index contributed by atoms with van der Waals surface area (Å²) in [5, 5.41) is 5.58. The third-order valence-corrected chi connectivity index (χ3v) is 3.68. The predicted molar refractivity (Wildman–Crippen MR) is 72.9 cm³/mol. The summed E-state index contributed by atoms with van der Waals surface area (Å²) in [5.74, 6) is 0. The van der Waals surface area contributed by atoms with Gasteiger partial charge in [-0.1, -0.05) is 0 Å². The standard InChI is InChI=1S/C15H17NO2/c1-9(16-3)8-13-12-5-7-17-14(12)10(2)11-4-6-18-15(11)13/h4-7,9,16H,8H2,1-3H3. The number of furan rings is 2. The van der Waals surface area contributed by atoms with Crippen molar-refractivity contribution in [3.8, 4) is 0 Å². The molecule has 2 aromatic heterocycles. The van der Waals surface area contributed by atoms with Crippen LogP contribution in [0.1, 0.15) is 18.1 Å². The quantitative estimate of drug-likeness (QED) is 0.763. The van der Waals surface area contributed by atoms with Crippen LogP contribution in [0.3, 0.4) is 0 Å². The maximum Gasteiger partial charge on any atom is 0.138 e. The van der Waals surface area contributed by atoms with Gasteiger partial charge in [-0.3, -0.25) is 0 Å². The van der Waals surface area contributed by atoms with Crippen molar-refractivity contribution in [2.45, 2.75) is 26.3 Å². The molecule has 0 amide bonds. The minimum Gasteiger partial charge on any atom is -0.464 e. The lowest BCUT2D eigenvalue weighted by Crippen LogP contribution is -2.23. The first-order chi connectivity index (χ1) is 8.72. The number of nitrogens with one attached hydrogen (secondary N) is 1. The summed E-state index contributed by atoms with van der Waals surface area (Å²) in [5.41, 5.74) is 4.34. The molecule has 2 heterocycles. The van der Waals surface area contributed by atoms with E-state index < -0.39 is 0 Å². The Hall–Kier alpha value is -1.74. The average molecular weight is 243 g/mol. The van der Waals surface area contributed by atoms with Crippen molar-refractivity contribution in [2.75, 3.05) is 7.05 Å². The van der Waals surface area contributed by atoms with Crippen LogP contribution >= 0.6 is 0 Å². The van der Waals surface area contributed by atoms with E-state index in [1.165, 1.54) is 5.56 Å². The second kappa shape index (κ2) is 4.18. The molecule has 0 saturated carbocycles. The van der Waals surface area contributed by atoms with Crippen LogP contribution in [-0.2, 0) is 6.42 Å². The first kappa shape index (κ1) is 11.4. The van der Waals surface area contributed by atoms with Crippen LogP contribution in [-0.4, -0.2) is 13.1 Å². The lowest BCUT2D eigenvalue weighted by molar-refractivity contribution is 0.585. The third-order valence-electron chi connectivity index (χ3n) is 3.68. The van der Waals surface area contributed by atoms with Gasteiger partial charge < -0.3 is 14.2 Å². The highest BCUT2D eigenvalue weighted by Gasteiger charge is 2.17. The van der Waals surface area contributed by atoms with Gasteiger partial charge in [0.05, 0.1) is 12.5 Å². The summed E-state index contributed by atoms with van der Waals surface area (Å²) in [6, 6.07) is 4.45. The zero-order chi connectivity index (χ0) is 12.7. The van der Waals surface area contributed by atoms with E-state index in [1.807, 2.05) is 19.2 Å². The number of benzene rings is 1. The third kappa shape index (κ3) is 1.55. The molecule has 0 fully saturated rings. The summed E-state index contributed by atoms with van der Waals surface area (Å²) in [6.07, 6.45) is 4.44. The molecule has 3 nitrogen and oxygen atoms in total. The highest BCUT2D eigenvalue weighted by Crippen LogP contribution is 2.34. The molecule has 0 aliphatic heterocycles. The maximum atomic E-state index is 5.68. The lowest BCUT2D eigenvalue weighted by Gasteiger charge is -2.12. The largest absolute Gasteiger partial charge is 0.464 e. The van der Waals surface area contributed by atoms with Gasteiger partial charge in [0.1, 0.15) is 11.2 Å². The topological polar surface area (TPSA) is 38.3 Å². The molecular weight excluding hydrogens is 226 g/mol. The van der Waals surface area contributed by atoms with E-state index in [0.717, 1.165) is 33.9 Å². The first-order valence-electron chi connectivity index (χ1n) is 6.25. The Morgan fingerprint density at radius 2 is 1.78 bits per heavy atom. The molecule has 1 N–H and O–H groups in total. The van der Waals surface area contributed by atoms with Gasteiger partial charge >= 0.3 is 0 Å². The smallest absolute Gasteiger partial charge is 0.138 e. The Bertz CT molecular complexity index is 641. The zero-order valence-electron chi connectivity index (χ0n) is 10.9. The number of rotatable bonds is 3. The fourth-order valence-corrected chi connectivity index (χ4v) is 2.53. The van der Waals surface area contributed by atoms with Crippen molar-refractivity contribution < 1.29 is 8.83 Å². The molecule has 0 aliphatic carbocycles. The van der Waals surface area contributed by atoms with Crippen LogP contribution in [0.2, 0.25) is 0 Å². The first-order valence-corrected chi connectivity index (χ1v) is 6.25. The van der Waals surface area contributed by atoms with Gasteiger partial charge in [0.15, 0.2) is 0 Å². The zero-order valence-corrected chi connectivity index (χ0v) is 10.9. The van der Waals surface area contributed by atoms with E-state index in [0.29, 0.717) is 6.04 Å². The van der Waals surface area contributed by atoms with E-state index in [2.05, 4.69) is 19.2 Å². The van der Waals surface area contributed by atoms with Gasteiger partial charge in [0.2, 0.25) is 0 Å². The van der Waals surface area contributed by atoms with Crippen LogP contribution < -0.4 is 5.32 Å². The molecule has 3 rings (SSSR count). The fourth-order valence-electron chi connectivity index (χ4n) is 2.53. The Morgan fingerprint density at radius 1 is 1.11 bits per heavy atom. The van der Waals surface area contributed by atoms with Crippen LogP contribution in [0, 0.1) is 6.92 Å². The van der Waals surface area contributed by atoms with Gasteiger partial charge in [-0.25, -0.2) is 0 Å². The van der Waals surface area contributed by atoms with Gasteiger partial charge in [0.25, 0.3) is 0 Å². The van der Waals surface area contributed by atoms with Crippen molar-refractivity contribution in [3.63, 3.8) is 0 Å². The second-order valence-corrected chi connectivity index (χ2v) is 4.82. The van der Waals surface area contributed by atoms with Crippen LogP contribution in [0.15, 0.2) is 33.5 Å². The highest BCUT2D eigenvalue weighted by molar-refractivity contribution is 6.01. The Balaban J connectivity index is 2.33. The van der Waals surface area contributed by atoms with Crippen LogP contribution in [0.5, 0.6) is 0 Å². The van der Waals surface area contributed by atoms with Crippen molar-refractivity contribution in [3.05, 3.63) is 35.8 Å². The van der Waals surface area contributed by atoms with E-state index >= 15 is 0 Å². The van der Waals surface area contributed by atoms with Gasteiger partial charge in [0, 0.05) is 27.9 Å². The molecule has 18 heavy (non-hydrogen) atoms. The van der Waals surface area contributed by atoms with Gasteiger partial charge in [-0.2, -0.15) is 0 Å². The molecular formula is C15H17NO2. The summed E-state index contributed by atoms with van der Waals surface area (Å²) in [4.78, 5) is 0. The van der Waals surface area contributed by atoms with E-state index in [-0.39, 0.29) is 0 Å². The number of fused-ring (bicyclic) bond motifs is 2. The molecule has 3 heteroatoms. The summed E-state index contributed by atoms with van der Waals surface area (Å²) in [7, 11) is 1.98. The summed E-state index contributed by atoms with van der Waals surface area (Å²) < 4.78 is 11.3. The number of hydrogen-bond acceptors (Lipinski definition) is 3. The highest BCUT2D eigenvalue weighted by atomic mass is 16.3. The SMILES string of the molecule is CNC(C)Cc1c2ccoc2c(C)c2ccoc12. The Morgan fingerprint density at radius 3 is 2.50 bits per heavy atom. The molecule has 3 aromatic rings. The predicted octanol–water partition coefficient (Wildman–Crippen LogP) is 3.64. The maximum absolute atomic E-state index is 5.68. The van der Waals surface area contributed by atoms with Gasteiger partial charge in [-0.15, -0.1) is 0 Å². The Labute approximate surface area is 106 Å².